The molecule has 0 saturated heterocycles. The number of hydrogen-bond donors (Lipinski definition) is 0. The highest BCUT2D eigenvalue weighted by Gasteiger charge is 2.03. The number of nitriles is 1. The van der Waals surface area contributed by atoms with Crippen molar-refractivity contribution in [2.75, 3.05) is 6.61 Å². The fourth-order valence-electron chi connectivity index (χ4n) is 1.57. The minimum atomic E-state index is 0.153. The van der Waals surface area contributed by atoms with Crippen molar-refractivity contribution in [3.05, 3.63) is 54.6 Å². The Balaban J connectivity index is 1.88. The SMILES string of the molecule is C[C@@H](COc1ccc(Oc2ccccc2)cc1)SC#N. The maximum Gasteiger partial charge on any atom is 0.133 e. The molecule has 0 saturated carbocycles. The van der Waals surface area contributed by atoms with Gasteiger partial charge in [0.2, 0.25) is 0 Å². The quantitative estimate of drug-likeness (QED) is 0.735. The van der Waals surface area contributed by atoms with Crippen LogP contribution in [0.4, 0.5) is 0 Å². The monoisotopic (exact) mass is 285 g/mol. The van der Waals surface area contributed by atoms with Gasteiger partial charge < -0.3 is 9.47 Å². The van der Waals surface area contributed by atoms with Gasteiger partial charge in [-0.05, 0) is 55.1 Å². The molecule has 0 amide bonds. The van der Waals surface area contributed by atoms with Gasteiger partial charge in [-0.25, -0.2) is 0 Å². The van der Waals surface area contributed by atoms with Gasteiger partial charge in [-0.3, -0.25) is 0 Å². The minimum Gasteiger partial charge on any atom is -0.492 e. The zero-order chi connectivity index (χ0) is 14.2. The number of thioether (sulfide) groups is 1. The lowest BCUT2D eigenvalue weighted by Crippen LogP contribution is -2.09. The molecule has 2 aromatic rings. The number of para-hydroxylation sites is 1. The van der Waals surface area contributed by atoms with Crippen LogP contribution < -0.4 is 9.47 Å². The van der Waals surface area contributed by atoms with Crippen molar-refractivity contribution in [3.63, 3.8) is 0 Å². The minimum absolute atomic E-state index is 0.153. The number of ether oxygens (including phenoxy) is 2. The molecule has 3 nitrogen and oxygen atoms in total. The molecule has 0 aliphatic heterocycles. The topological polar surface area (TPSA) is 42.2 Å². The Bertz CT molecular complexity index is 563. The summed E-state index contributed by atoms with van der Waals surface area (Å²) >= 11 is 1.21. The van der Waals surface area contributed by atoms with Crippen molar-refractivity contribution in [2.45, 2.75) is 12.2 Å². The Morgan fingerprint density at radius 2 is 1.60 bits per heavy atom. The van der Waals surface area contributed by atoms with Crippen molar-refractivity contribution in [2.24, 2.45) is 0 Å². The fourth-order valence-corrected chi connectivity index (χ4v) is 1.88. The lowest BCUT2D eigenvalue weighted by atomic mass is 10.3. The van der Waals surface area contributed by atoms with Crippen LogP contribution in [0.1, 0.15) is 6.92 Å². The van der Waals surface area contributed by atoms with E-state index in [-0.39, 0.29) is 5.25 Å². The van der Waals surface area contributed by atoms with Crippen molar-refractivity contribution in [3.8, 4) is 22.6 Å². The van der Waals surface area contributed by atoms with Crippen LogP contribution >= 0.6 is 11.8 Å². The third-order valence-electron chi connectivity index (χ3n) is 2.54. The second-order valence-corrected chi connectivity index (χ2v) is 5.44. The highest BCUT2D eigenvalue weighted by atomic mass is 32.2. The summed E-state index contributed by atoms with van der Waals surface area (Å²) < 4.78 is 11.3. The van der Waals surface area contributed by atoms with E-state index in [1.54, 1.807) is 0 Å². The van der Waals surface area contributed by atoms with Crippen LogP contribution in [0.2, 0.25) is 0 Å². The summed E-state index contributed by atoms with van der Waals surface area (Å²) in [6.07, 6.45) is 0. The molecule has 0 aromatic heterocycles. The zero-order valence-corrected chi connectivity index (χ0v) is 12.0. The molecular weight excluding hydrogens is 270 g/mol. The predicted octanol–water partition coefficient (Wildman–Crippen LogP) is 4.46. The average Bonchev–Trinajstić information content (AvgIpc) is 2.48. The Kier molecular flexibility index (Phi) is 5.33. The summed E-state index contributed by atoms with van der Waals surface area (Å²) in [5.74, 6) is 2.35. The van der Waals surface area contributed by atoms with E-state index in [2.05, 4.69) is 5.40 Å². The van der Waals surface area contributed by atoms with Crippen molar-refractivity contribution in [1.82, 2.24) is 0 Å². The largest absolute Gasteiger partial charge is 0.492 e. The van der Waals surface area contributed by atoms with E-state index in [0.717, 1.165) is 17.2 Å². The van der Waals surface area contributed by atoms with Crippen LogP contribution in [-0.4, -0.2) is 11.9 Å². The van der Waals surface area contributed by atoms with Crippen molar-refractivity contribution >= 4 is 11.8 Å². The normalized spacial score (nSPS) is 11.4. The number of hydrogen-bond acceptors (Lipinski definition) is 4. The smallest absolute Gasteiger partial charge is 0.133 e. The molecule has 4 heteroatoms. The van der Waals surface area contributed by atoms with Crippen LogP contribution in [0.15, 0.2) is 54.6 Å². The number of thiocyanates is 1. The first kappa shape index (κ1) is 14.3. The molecule has 102 valence electrons. The van der Waals surface area contributed by atoms with Crippen LogP contribution in [0.5, 0.6) is 17.2 Å². The lowest BCUT2D eigenvalue weighted by Gasteiger charge is -2.10. The van der Waals surface area contributed by atoms with E-state index in [1.165, 1.54) is 11.8 Å². The van der Waals surface area contributed by atoms with Gasteiger partial charge in [0.1, 0.15) is 29.3 Å². The van der Waals surface area contributed by atoms with E-state index in [4.69, 9.17) is 14.7 Å². The Hall–Kier alpha value is -2.12. The Morgan fingerprint density at radius 3 is 2.25 bits per heavy atom. The van der Waals surface area contributed by atoms with Crippen molar-refractivity contribution in [1.29, 1.82) is 5.26 Å². The summed E-state index contributed by atoms with van der Waals surface area (Å²) in [6, 6.07) is 17.1. The number of nitrogens with zero attached hydrogens (tertiary/aromatic N) is 1. The molecule has 0 radical (unpaired) electrons. The van der Waals surface area contributed by atoms with Gasteiger partial charge in [0.25, 0.3) is 0 Å². The summed E-state index contributed by atoms with van der Waals surface area (Å²) in [6.45, 7) is 2.47. The third kappa shape index (κ3) is 4.52. The van der Waals surface area contributed by atoms with E-state index in [0.29, 0.717) is 6.61 Å². The second kappa shape index (κ2) is 7.46. The highest BCUT2D eigenvalue weighted by molar-refractivity contribution is 8.04. The molecular formula is C16H15NO2S. The Labute approximate surface area is 123 Å². The first-order chi connectivity index (χ1) is 9.78. The molecule has 0 bridgehead atoms. The molecule has 20 heavy (non-hydrogen) atoms. The van der Waals surface area contributed by atoms with Gasteiger partial charge in [0.15, 0.2) is 0 Å². The average molecular weight is 285 g/mol. The zero-order valence-electron chi connectivity index (χ0n) is 11.2. The van der Waals surface area contributed by atoms with Gasteiger partial charge in [-0.2, -0.15) is 5.26 Å². The van der Waals surface area contributed by atoms with Crippen molar-refractivity contribution < 1.29 is 9.47 Å². The van der Waals surface area contributed by atoms with Crippen LogP contribution in [0, 0.1) is 10.7 Å². The molecule has 0 spiro atoms. The maximum absolute atomic E-state index is 8.55. The Morgan fingerprint density at radius 1 is 1.00 bits per heavy atom. The molecule has 2 aromatic carbocycles. The van der Waals surface area contributed by atoms with Crippen LogP contribution in [0.3, 0.4) is 0 Å². The predicted molar refractivity (Wildman–Crippen MR) is 81.1 cm³/mol. The summed E-state index contributed by atoms with van der Waals surface area (Å²) in [7, 11) is 0. The van der Waals surface area contributed by atoms with Gasteiger partial charge in [-0.15, -0.1) is 0 Å². The van der Waals surface area contributed by atoms with E-state index in [1.807, 2.05) is 61.5 Å². The van der Waals surface area contributed by atoms with Gasteiger partial charge in [-0.1, -0.05) is 18.2 Å². The molecule has 0 aliphatic rings. The van der Waals surface area contributed by atoms with E-state index >= 15 is 0 Å². The second-order valence-electron chi connectivity index (χ2n) is 4.22. The molecule has 0 fully saturated rings. The third-order valence-corrected chi connectivity index (χ3v) is 3.19. The van der Waals surface area contributed by atoms with Crippen LogP contribution in [0.25, 0.3) is 0 Å². The number of rotatable bonds is 6. The van der Waals surface area contributed by atoms with E-state index in [9.17, 15) is 0 Å². The molecule has 0 unspecified atom stereocenters. The maximum atomic E-state index is 8.55. The summed E-state index contributed by atoms with van der Waals surface area (Å²) in [4.78, 5) is 0. The lowest BCUT2D eigenvalue weighted by molar-refractivity contribution is 0.322. The molecule has 1 atom stereocenters. The summed E-state index contributed by atoms with van der Waals surface area (Å²) in [5, 5.41) is 10.8. The molecule has 2 rings (SSSR count). The highest BCUT2D eigenvalue weighted by Crippen LogP contribution is 2.23. The standard InChI is InChI=1S/C16H15NO2S/c1-13(20-12-17)11-18-14-7-9-16(10-8-14)19-15-5-3-2-4-6-15/h2-10,13H,11H2,1H3/t13-/m0/s1. The van der Waals surface area contributed by atoms with Crippen LogP contribution in [-0.2, 0) is 0 Å². The first-order valence-electron chi connectivity index (χ1n) is 6.28. The molecule has 0 aliphatic carbocycles. The van der Waals surface area contributed by atoms with Gasteiger partial charge in [0.05, 0.1) is 5.25 Å². The molecule has 0 heterocycles. The van der Waals surface area contributed by atoms with E-state index < -0.39 is 0 Å². The van der Waals surface area contributed by atoms with Gasteiger partial charge >= 0.3 is 0 Å². The summed E-state index contributed by atoms with van der Waals surface area (Å²) in [5.41, 5.74) is 0. The molecule has 0 N–H and O–H groups in total. The van der Waals surface area contributed by atoms with Gasteiger partial charge in [0, 0.05) is 0 Å². The first-order valence-corrected chi connectivity index (χ1v) is 7.16. The number of benzene rings is 2. The fraction of sp³-hybridized carbons (Fsp3) is 0.188.